The summed E-state index contributed by atoms with van der Waals surface area (Å²) >= 11 is 1.28. The predicted octanol–water partition coefficient (Wildman–Crippen LogP) is 4.21. The highest BCUT2D eigenvalue weighted by atomic mass is 32.2. The monoisotopic (exact) mass is 310 g/mol. The van der Waals surface area contributed by atoms with Crippen LogP contribution in [0.25, 0.3) is 11.4 Å². The van der Waals surface area contributed by atoms with Crippen molar-refractivity contribution >= 4 is 17.6 Å². The van der Waals surface area contributed by atoms with Gasteiger partial charge in [0.25, 0.3) is 0 Å². The lowest BCUT2D eigenvalue weighted by molar-refractivity contribution is 0.632. The second-order valence-electron chi connectivity index (χ2n) is 4.47. The smallest absolute Gasteiger partial charge is 0.148 e. The molecule has 2 N–H and O–H groups in total. The summed E-state index contributed by atoms with van der Waals surface area (Å²) in [5, 5.41) is 8.72. The maximum Gasteiger partial charge on any atom is 0.148 e. The van der Waals surface area contributed by atoms with Crippen molar-refractivity contribution in [3.63, 3.8) is 0 Å². The molecule has 0 aliphatic rings. The highest BCUT2D eigenvalue weighted by Crippen LogP contribution is 2.26. The maximum absolute atomic E-state index is 13.8. The summed E-state index contributed by atoms with van der Waals surface area (Å²) < 4.78 is 16.7. The van der Waals surface area contributed by atoms with Gasteiger partial charge in [0, 0.05) is 17.3 Å². The molecule has 0 aliphatic carbocycles. The number of pyridine rings is 1. The molecule has 3 rings (SSSR count). The van der Waals surface area contributed by atoms with Crippen molar-refractivity contribution in [2.75, 3.05) is 4.72 Å². The van der Waals surface area contributed by atoms with E-state index in [9.17, 15) is 4.39 Å². The van der Waals surface area contributed by atoms with Gasteiger partial charge in [-0.25, -0.2) is 4.39 Å². The van der Waals surface area contributed by atoms with E-state index in [0.29, 0.717) is 11.3 Å². The first-order chi connectivity index (χ1) is 10.8. The Labute approximate surface area is 131 Å². The van der Waals surface area contributed by atoms with Crippen molar-refractivity contribution < 1.29 is 4.39 Å². The zero-order valence-electron chi connectivity index (χ0n) is 11.4. The van der Waals surface area contributed by atoms with Gasteiger partial charge in [0.1, 0.15) is 5.82 Å². The molecule has 1 aromatic carbocycles. The van der Waals surface area contributed by atoms with Gasteiger partial charge in [0.05, 0.1) is 28.7 Å². The number of H-pyrrole nitrogens is 1. The summed E-state index contributed by atoms with van der Waals surface area (Å²) in [6.45, 7) is 0. The van der Waals surface area contributed by atoms with Crippen molar-refractivity contribution in [2.24, 2.45) is 0 Å². The van der Waals surface area contributed by atoms with E-state index in [1.54, 1.807) is 18.3 Å². The lowest BCUT2D eigenvalue weighted by Gasteiger charge is -2.05. The van der Waals surface area contributed by atoms with E-state index in [4.69, 9.17) is 5.26 Å². The van der Waals surface area contributed by atoms with Gasteiger partial charge in [-0.2, -0.15) is 5.26 Å². The van der Waals surface area contributed by atoms with Crippen LogP contribution in [0.5, 0.6) is 0 Å². The van der Waals surface area contributed by atoms with Crippen LogP contribution in [0.2, 0.25) is 0 Å². The highest BCUT2D eigenvalue weighted by Gasteiger charge is 2.06. The van der Waals surface area contributed by atoms with Crippen LogP contribution in [-0.2, 0) is 0 Å². The summed E-state index contributed by atoms with van der Waals surface area (Å²) in [5.41, 5.74) is 2.38. The van der Waals surface area contributed by atoms with Crippen molar-refractivity contribution in [1.82, 2.24) is 9.97 Å². The number of hydrogen-bond acceptors (Lipinski definition) is 4. The molecule has 22 heavy (non-hydrogen) atoms. The lowest BCUT2D eigenvalue weighted by Crippen LogP contribution is -1.91. The Morgan fingerprint density at radius 2 is 2.14 bits per heavy atom. The zero-order valence-corrected chi connectivity index (χ0v) is 12.2. The van der Waals surface area contributed by atoms with Gasteiger partial charge in [0.2, 0.25) is 0 Å². The number of anilines is 1. The minimum Gasteiger partial charge on any atom is -0.359 e. The molecule has 4 nitrogen and oxygen atoms in total. The molecule has 0 atom stereocenters. The number of hydrogen-bond donors (Lipinski definition) is 2. The van der Waals surface area contributed by atoms with Crippen molar-refractivity contribution in [3.05, 3.63) is 66.2 Å². The van der Waals surface area contributed by atoms with E-state index in [1.807, 2.05) is 36.5 Å². The van der Waals surface area contributed by atoms with Crippen LogP contribution in [0.1, 0.15) is 5.56 Å². The number of nitrogens with one attached hydrogen (secondary N) is 2. The van der Waals surface area contributed by atoms with Crippen molar-refractivity contribution in [2.45, 2.75) is 4.90 Å². The van der Waals surface area contributed by atoms with E-state index >= 15 is 0 Å². The van der Waals surface area contributed by atoms with E-state index < -0.39 is 5.82 Å². The normalized spacial score (nSPS) is 10.2. The molecule has 0 spiro atoms. The van der Waals surface area contributed by atoms with Crippen LogP contribution in [0.15, 0.2) is 59.8 Å². The second-order valence-corrected chi connectivity index (χ2v) is 5.35. The summed E-state index contributed by atoms with van der Waals surface area (Å²) in [6.07, 6.45) is 3.55. The predicted molar refractivity (Wildman–Crippen MR) is 84.6 cm³/mol. The van der Waals surface area contributed by atoms with Crippen LogP contribution in [-0.4, -0.2) is 9.97 Å². The number of rotatable bonds is 4. The highest BCUT2D eigenvalue weighted by molar-refractivity contribution is 8.00. The van der Waals surface area contributed by atoms with E-state index in [-0.39, 0.29) is 0 Å². The largest absolute Gasteiger partial charge is 0.359 e. The Bertz CT molecular complexity index is 824. The standard InChI is InChI=1S/C16H11FN4S/c17-13-7-11(9-18)4-5-14(13)21-22-12-8-16(20-10-12)15-3-1-2-6-19-15/h1-8,10,20-21H. The molecule has 0 unspecified atom stereocenters. The average molecular weight is 310 g/mol. The van der Waals surface area contributed by atoms with E-state index in [2.05, 4.69) is 14.7 Å². The molecule has 108 valence electrons. The van der Waals surface area contributed by atoms with Crippen molar-refractivity contribution in [3.8, 4) is 17.5 Å². The van der Waals surface area contributed by atoms with Crippen LogP contribution >= 0.6 is 11.9 Å². The van der Waals surface area contributed by atoms with Gasteiger partial charge in [0.15, 0.2) is 0 Å². The fourth-order valence-corrected chi connectivity index (χ4v) is 2.57. The second kappa shape index (κ2) is 6.33. The quantitative estimate of drug-likeness (QED) is 0.709. The van der Waals surface area contributed by atoms with Gasteiger partial charge < -0.3 is 9.71 Å². The summed E-state index contributed by atoms with van der Waals surface area (Å²) in [4.78, 5) is 8.30. The SMILES string of the molecule is N#Cc1ccc(NSc2c[nH]c(-c3ccccn3)c2)c(F)c1. The minimum absolute atomic E-state index is 0.298. The number of aromatic amines is 1. The minimum atomic E-state index is -0.452. The molecule has 2 heterocycles. The first-order valence-electron chi connectivity index (χ1n) is 6.48. The Hall–Kier alpha value is -2.78. The molecule has 6 heteroatoms. The van der Waals surface area contributed by atoms with E-state index in [0.717, 1.165) is 16.3 Å². The third kappa shape index (κ3) is 3.10. The third-order valence-corrected chi connectivity index (χ3v) is 3.77. The molecule has 0 radical (unpaired) electrons. The fraction of sp³-hybridized carbons (Fsp3) is 0. The molecular formula is C16H11FN4S. The van der Waals surface area contributed by atoms with Crippen LogP contribution in [0.3, 0.4) is 0 Å². The molecule has 0 bridgehead atoms. The van der Waals surface area contributed by atoms with Crippen LogP contribution < -0.4 is 4.72 Å². The molecule has 0 aliphatic heterocycles. The Morgan fingerprint density at radius 1 is 1.23 bits per heavy atom. The molecule has 0 fully saturated rings. The molecule has 3 aromatic rings. The maximum atomic E-state index is 13.8. The van der Waals surface area contributed by atoms with Gasteiger partial charge in [-0.3, -0.25) is 4.98 Å². The molecule has 0 saturated carbocycles. The number of benzene rings is 1. The molecular weight excluding hydrogens is 299 g/mol. The first kappa shape index (κ1) is 14.2. The fourth-order valence-electron chi connectivity index (χ4n) is 1.88. The number of nitrogens with zero attached hydrogens (tertiary/aromatic N) is 2. The lowest BCUT2D eigenvalue weighted by atomic mass is 10.2. The topological polar surface area (TPSA) is 64.5 Å². The van der Waals surface area contributed by atoms with Gasteiger partial charge in [-0.1, -0.05) is 6.07 Å². The van der Waals surface area contributed by atoms with Crippen LogP contribution in [0.4, 0.5) is 10.1 Å². The van der Waals surface area contributed by atoms with Gasteiger partial charge >= 0.3 is 0 Å². The Morgan fingerprint density at radius 3 is 2.86 bits per heavy atom. The number of aromatic nitrogens is 2. The number of nitriles is 1. The molecule has 0 amide bonds. The molecule has 2 aromatic heterocycles. The third-order valence-electron chi connectivity index (χ3n) is 2.97. The van der Waals surface area contributed by atoms with Gasteiger partial charge in [-0.15, -0.1) is 0 Å². The Kier molecular flexibility index (Phi) is 4.08. The summed E-state index contributed by atoms with van der Waals surface area (Å²) in [5.74, 6) is -0.452. The summed E-state index contributed by atoms with van der Waals surface area (Å²) in [7, 11) is 0. The average Bonchev–Trinajstić information content (AvgIpc) is 3.03. The molecule has 0 saturated heterocycles. The zero-order chi connectivity index (χ0) is 15.4. The first-order valence-corrected chi connectivity index (χ1v) is 7.30. The van der Waals surface area contributed by atoms with Crippen molar-refractivity contribution in [1.29, 1.82) is 5.26 Å². The number of halogens is 1. The van der Waals surface area contributed by atoms with Crippen LogP contribution in [0, 0.1) is 17.1 Å². The Balaban J connectivity index is 1.70. The van der Waals surface area contributed by atoms with Gasteiger partial charge in [-0.05, 0) is 48.3 Å². The summed E-state index contributed by atoms with van der Waals surface area (Å²) in [6, 6.07) is 13.9. The van der Waals surface area contributed by atoms with E-state index in [1.165, 1.54) is 18.0 Å².